The van der Waals surface area contributed by atoms with Gasteiger partial charge in [0.25, 0.3) is 0 Å². The Kier molecular flexibility index (Phi) is 5.44. The zero-order valence-electron chi connectivity index (χ0n) is 12.4. The van der Waals surface area contributed by atoms with Crippen LogP contribution in [-0.2, 0) is 0 Å². The summed E-state index contributed by atoms with van der Waals surface area (Å²) in [6, 6.07) is 2.86. The fraction of sp³-hybridized carbons (Fsp3) is 0.625. The maximum atomic E-state index is 14.0. The molecule has 1 aliphatic carbocycles. The van der Waals surface area contributed by atoms with Crippen molar-refractivity contribution < 1.29 is 8.78 Å². The van der Waals surface area contributed by atoms with Crippen LogP contribution in [0.25, 0.3) is 0 Å². The average Bonchev–Trinajstić information content (AvgIpc) is 2.81. The van der Waals surface area contributed by atoms with Gasteiger partial charge in [-0.2, -0.15) is 11.8 Å². The van der Waals surface area contributed by atoms with Gasteiger partial charge in [0, 0.05) is 22.9 Å². The lowest BCUT2D eigenvalue weighted by Crippen LogP contribution is -2.36. The van der Waals surface area contributed by atoms with Crippen LogP contribution in [0.15, 0.2) is 12.1 Å². The van der Waals surface area contributed by atoms with E-state index in [9.17, 15) is 8.78 Å². The molecule has 1 nitrogen and oxygen atoms in total. The molecule has 0 saturated heterocycles. The largest absolute Gasteiger partial charge is 0.306 e. The number of rotatable bonds is 5. The summed E-state index contributed by atoms with van der Waals surface area (Å²) in [5.41, 5.74) is 0.791. The highest BCUT2D eigenvalue weighted by Crippen LogP contribution is 2.32. The number of thioether (sulfide) groups is 1. The molecule has 0 aliphatic heterocycles. The minimum absolute atomic E-state index is 0.159. The average molecular weight is 299 g/mol. The van der Waals surface area contributed by atoms with Crippen molar-refractivity contribution in [3.63, 3.8) is 0 Å². The van der Waals surface area contributed by atoms with Gasteiger partial charge in [0.1, 0.15) is 11.6 Å². The van der Waals surface area contributed by atoms with Crippen LogP contribution in [0, 0.1) is 18.6 Å². The van der Waals surface area contributed by atoms with E-state index in [1.165, 1.54) is 25.0 Å². The molecular weight excluding hydrogens is 276 g/mol. The maximum Gasteiger partial charge on any atom is 0.128 e. The molecule has 20 heavy (non-hydrogen) atoms. The van der Waals surface area contributed by atoms with E-state index in [4.69, 9.17) is 0 Å². The van der Waals surface area contributed by atoms with E-state index in [0.717, 1.165) is 12.2 Å². The summed E-state index contributed by atoms with van der Waals surface area (Å²) in [5, 5.41) is 4.09. The number of benzene rings is 1. The Bertz CT molecular complexity index is 464. The smallest absolute Gasteiger partial charge is 0.128 e. The first kappa shape index (κ1) is 15.8. The van der Waals surface area contributed by atoms with Crippen LogP contribution in [0.4, 0.5) is 8.78 Å². The van der Waals surface area contributed by atoms with Crippen LogP contribution < -0.4 is 5.32 Å². The van der Waals surface area contributed by atoms with Crippen molar-refractivity contribution in [3.05, 3.63) is 34.9 Å². The molecule has 3 unspecified atom stereocenters. The highest BCUT2D eigenvalue weighted by molar-refractivity contribution is 7.99. The van der Waals surface area contributed by atoms with Crippen LogP contribution in [0.3, 0.4) is 0 Å². The molecular formula is C16H23F2NS. The SMILES string of the molecule is CCSC1CCCC1NC(C)c1cc(F)c(C)cc1F. The highest BCUT2D eigenvalue weighted by Gasteiger charge is 2.28. The molecule has 0 heterocycles. The summed E-state index contributed by atoms with van der Waals surface area (Å²) in [4.78, 5) is 0. The summed E-state index contributed by atoms with van der Waals surface area (Å²) in [5.74, 6) is 0.452. The Morgan fingerprint density at radius 3 is 2.75 bits per heavy atom. The Morgan fingerprint density at radius 2 is 2.05 bits per heavy atom. The fourth-order valence-corrected chi connectivity index (χ4v) is 4.14. The summed E-state index contributed by atoms with van der Waals surface area (Å²) in [6.45, 7) is 5.67. The normalized spacial score (nSPS) is 24.1. The minimum Gasteiger partial charge on any atom is -0.306 e. The van der Waals surface area contributed by atoms with Gasteiger partial charge in [0.15, 0.2) is 0 Å². The topological polar surface area (TPSA) is 12.0 Å². The van der Waals surface area contributed by atoms with Crippen molar-refractivity contribution in [2.45, 2.75) is 57.4 Å². The van der Waals surface area contributed by atoms with Gasteiger partial charge in [-0.25, -0.2) is 8.78 Å². The molecule has 1 fully saturated rings. The third kappa shape index (κ3) is 3.53. The molecule has 4 heteroatoms. The number of hydrogen-bond acceptors (Lipinski definition) is 2. The van der Waals surface area contributed by atoms with Gasteiger partial charge in [-0.1, -0.05) is 13.3 Å². The fourth-order valence-electron chi connectivity index (χ4n) is 2.93. The van der Waals surface area contributed by atoms with Gasteiger partial charge in [0.2, 0.25) is 0 Å². The van der Waals surface area contributed by atoms with Gasteiger partial charge in [-0.3, -0.25) is 0 Å². The van der Waals surface area contributed by atoms with E-state index < -0.39 is 0 Å². The van der Waals surface area contributed by atoms with Crippen LogP contribution >= 0.6 is 11.8 Å². The molecule has 2 rings (SSSR count). The number of hydrogen-bond donors (Lipinski definition) is 1. The number of nitrogens with one attached hydrogen (secondary N) is 1. The van der Waals surface area contributed by atoms with Crippen molar-refractivity contribution in [2.24, 2.45) is 0 Å². The number of halogens is 2. The predicted molar refractivity (Wildman–Crippen MR) is 82.2 cm³/mol. The van der Waals surface area contributed by atoms with Gasteiger partial charge in [0.05, 0.1) is 0 Å². The molecule has 3 atom stereocenters. The van der Waals surface area contributed by atoms with E-state index in [1.54, 1.807) is 6.92 Å². The molecule has 0 amide bonds. The zero-order valence-corrected chi connectivity index (χ0v) is 13.2. The van der Waals surface area contributed by atoms with Crippen LogP contribution in [0.5, 0.6) is 0 Å². The molecule has 1 saturated carbocycles. The molecule has 112 valence electrons. The summed E-state index contributed by atoms with van der Waals surface area (Å²) in [7, 11) is 0. The second-order valence-electron chi connectivity index (χ2n) is 5.54. The molecule has 0 aromatic heterocycles. The molecule has 0 radical (unpaired) electrons. The predicted octanol–water partition coefficient (Wildman–Crippen LogP) is 4.60. The maximum absolute atomic E-state index is 14.0. The second kappa shape index (κ2) is 6.90. The Balaban J connectivity index is 2.08. The van der Waals surface area contributed by atoms with Crippen molar-refractivity contribution in [1.82, 2.24) is 5.32 Å². The second-order valence-corrected chi connectivity index (χ2v) is 7.06. The molecule has 1 N–H and O–H groups in total. The standard InChI is InChI=1S/C16H23F2NS/c1-4-20-16-7-5-6-15(16)19-11(3)12-9-13(17)10(2)8-14(12)18/h8-9,11,15-16,19H,4-7H2,1-3H3. The lowest BCUT2D eigenvalue weighted by Gasteiger charge is -2.25. The lowest BCUT2D eigenvalue weighted by atomic mass is 10.0. The van der Waals surface area contributed by atoms with Crippen molar-refractivity contribution in [2.75, 3.05) is 5.75 Å². The third-order valence-corrected chi connectivity index (χ3v) is 5.37. The Hall–Kier alpha value is -0.610. The van der Waals surface area contributed by atoms with Crippen LogP contribution in [0.2, 0.25) is 0 Å². The third-order valence-electron chi connectivity index (χ3n) is 4.04. The highest BCUT2D eigenvalue weighted by atomic mass is 32.2. The minimum atomic E-state index is -0.332. The van der Waals surface area contributed by atoms with Gasteiger partial charge >= 0.3 is 0 Å². The van der Waals surface area contributed by atoms with E-state index in [0.29, 0.717) is 22.4 Å². The van der Waals surface area contributed by atoms with Gasteiger partial charge in [-0.05, 0) is 50.1 Å². The van der Waals surface area contributed by atoms with Gasteiger partial charge < -0.3 is 5.32 Å². The van der Waals surface area contributed by atoms with E-state index >= 15 is 0 Å². The number of aryl methyl sites for hydroxylation is 1. The van der Waals surface area contributed by atoms with Crippen LogP contribution in [0.1, 0.15) is 50.3 Å². The quantitative estimate of drug-likeness (QED) is 0.853. The Morgan fingerprint density at radius 1 is 1.30 bits per heavy atom. The van der Waals surface area contributed by atoms with Crippen LogP contribution in [-0.4, -0.2) is 17.0 Å². The first-order valence-electron chi connectivity index (χ1n) is 7.36. The Labute approximate surface area is 124 Å². The molecule has 1 aromatic rings. The first-order valence-corrected chi connectivity index (χ1v) is 8.41. The summed E-state index contributed by atoms with van der Waals surface area (Å²) < 4.78 is 27.6. The molecule has 0 spiro atoms. The lowest BCUT2D eigenvalue weighted by molar-refractivity contribution is 0.449. The molecule has 1 aromatic carbocycles. The van der Waals surface area contributed by atoms with Crippen molar-refractivity contribution >= 4 is 11.8 Å². The van der Waals surface area contributed by atoms with E-state index in [1.807, 2.05) is 18.7 Å². The molecule has 0 bridgehead atoms. The van der Waals surface area contributed by atoms with Crippen molar-refractivity contribution in [3.8, 4) is 0 Å². The summed E-state index contributed by atoms with van der Waals surface area (Å²) in [6.07, 6.45) is 3.55. The van der Waals surface area contributed by atoms with E-state index in [2.05, 4.69) is 12.2 Å². The molecule has 1 aliphatic rings. The van der Waals surface area contributed by atoms with Crippen molar-refractivity contribution in [1.29, 1.82) is 0 Å². The van der Waals surface area contributed by atoms with E-state index in [-0.39, 0.29) is 17.7 Å². The zero-order chi connectivity index (χ0) is 14.7. The summed E-state index contributed by atoms with van der Waals surface area (Å²) >= 11 is 1.96. The van der Waals surface area contributed by atoms with Gasteiger partial charge in [-0.15, -0.1) is 0 Å². The first-order chi connectivity index (χ1) is 9.52. The monoisotopic (exact) mass is 299 g/mol.